The van der Waals surface area contributed by atoms with Crippen LogP contribution in [-0.4, -0.2) is 22.3 Å². The van der Waals surface area contributed by atoms with Crippen LogP contribution in [0.5, 0.6) is 0 Å². The van der Waals surface area contributed by atoms with Crippen molar-refractivity contribution in [3.05, 3.63) is 12.2 Å². The van der Waals surface area contributed by atoms with E-state index in [4.69, 9.17) is 5.11 Å². The monoisotopic (exact) mass is 214 g/mol. The van der Waals surface area contributed by atoms with Gasteiger partial charge in [-0.05, 0) is 19.8 Å². The van der Waals surface area contributed by atoms with Gasteiger partial charge in [0.15, 0.2) is 0 Å². The van der Waals surface area contributed by atoms with Crippen LogP contribution in [-0.2, 0) is 4.79 Å². The standard InChI is InChI=1S/C12H22O3/c1-10(2)11(13)8-6-4-3-5-7-9-12(14)15/h11,13H,1,3-9H2,2H3,(H,14,15). The molecule has 0 saturated heterocycles. The SMILES string of the molecule is C=C(C)C(O)CCCCCCCC(=O)O. The van der Waals surface area contributed by atoms with Gasteiger partial charge in [-0.2, -0.15) is 0 Å². The number of carboxylic acid groups (broad SMARTS) is 1. The van der Waals surface area contributed by atoms with Crippen LogP contribution in [0.25, 0.3) is 0 Å². The van der Waals surface area contributed by atoms with E-state index in [1.54, 1.807) is 0 Å². The van der Waals surface area contributed by atoms with E-state index in [1.165, 1.54) is 0 Å². The first-order valence-electron chi connectivity index (χ1n) is 5.59. The fraction of sp³-hybridized carbons (Fsp3) is 0.750. The van der Waals surface area contributed by atoms with Crippen LogP contribution in [0.2, 0.25) is 0 Å². The Morgan fingerprint density at radius 3 is 2.27 bits per heavy atom. The number of carboxylic acids is 1. The van der Waals surface area contributed by atoms with E-state index in [-0.39, 0.29) is 12.5 Å². The molecular formula is C12H22O3. The molecule has 1 atom stereocenters. The van der Waals surface area contributed by atoms with Gasteiger partial charge in [0, 0.05) is 6.42 Å². The molecular weight excluding hydrogens is 192 g/mol. The maximum absolute atomic E-state index is 10.2. The molecule has 0 aliphatic rings. The molecule has 0 amide bonds. The highest BCUT2D eigenvalue weighted by atomic mass is 16.4. The molecule has 0 aromatic heterocycles. The number of rotatable bonds is 9. The summed E-state index contributed by atoms with van der Waals surface area (Å²) in [5.41, 5.74) is 0.820. The third-order valence-corrected chi connectivity index (χ3v) is 2.44. The summed E-state index contributed by atoms with van der Waals surface area (Å²) in [5.74, 6) is -0.715. The summed E-state index contributed by atoms with van der Waals surface area (Å²) >= 11 is 0. The van der Waals surface area contributed by atoms with E-state index < -0.39 is 5.97 Å². The molecule has 1 unspecified atom stereocenters. The summed E-state index contributed by atoms with van der Waals surface area (Å²) in [6, 6.07) is 0. The Morgan fingerprint density at radius 1 is 1.20 bits per heavy atom. The van der Waals surface area contributed by atoms with Crippen LogP contribution in [0.3, 0.4) is 0 Å². The van der Waals surface area contributed by atoms with Crippen LogP contribution in [0.15, 0.2) is 12.2 Å². The summed E-state index contributed by atoms with van der Waals surface area (Å²) in [5, 5.41) is 17.8. The zero-order valence-electron chi connectivity index (χ0n) is 9.54. The van der Waals surface area contributed by atoms with Crippen molar-refractivity contribution in [3.8, 4) is 0 Å². The average molecular weight is 214 g/mol. The van der Waals surface area contributed by atoms with Crippen molar-refractivity contribution in [3.63, 3.8) is 0 Å². The topological polar surface area (TPSA) is 57.5 Å². The second-order valence-corrected chi connectivity index (χ2v) is 4.06. The Labute approximate surface area is 91.8 Å². The number of aliphatic hydroxyl groups is 1. The smallest absolute Gasteiger partial charge is 0.303 e. The normalized spacial score (nSPS) is 12.4. The lowest BCUT2D eigenvalue weighted by Crippen LogP contribution is -2.06. The first-order chi connectivity index (χ1) is 7.04. The number of hydrogen-bond donors (Lipinski definition) is 2. The molecule has 88 valence electrons. The number of aliphatic carboxylic acids is 1. The first kappa shape index (κ1) is 14.2. The van der Waals surface area contributed by atoms with Gasteiger partial charge in [0.2, 0.25) is 0 Å². The van der Waals surface area contributed by atoms with E-state index in [0.717, 1.165) is 44.1 Å². The van der Waals surface area contributed by atoms with Crippen molar-refractivity contribution < 1.29 is 15.0 Å². The lowest BCUT2D eigenvalue weighted by molar-refractivity contribution is -0.137. The molecule has 15 heavy (non-hydrogen) atoms. The van der Waals surface area contributed by atoms with E-state index in [0.29, 0.717) is 0 Å². The van der Waals surface area contributed by atoms with Gasteiger partial charge in [0.25, 0.3) is 0 Å². The summed E-state index contributed by atoms with van der Waals surface area (Å²) in [6.07, 6.45) is 5.50. The molecule has 0 radical (unpaired) electrons. The Kier molecular flexibility index (Phi) is 8.01. The Bertz CT molecular complexity index is 199. The minimum absolute atomic E-state index is 0.272. The highest BCUT2D eigenvalue weighted by Crippen LogP contribution is 2.11. The van der Waals surface area contributed by atoms with Crippen LogP contribution in [0.1, 0.15) is 51.9 Å². The molecule has 0 bridgehead atoms. The number of unbranched alkanes of at least 4 members (excludes halogenated alkanes) is 4. The van der Waals surface area contributed by atoms with Gasteiger partial charge < -0.3 is 10.2 Å². The maximum Gasteiger partial charge on any atom is 0.303 e. The third-order valence-electron chi connectivity index (χ3n) is 2.44. The molecule has 0 spiro atoms. The summed E-state index contributed by atoms with van der Waals surface area (Å²) in [7, 11) is 0. The molecule has 0 aromatic rings. The van der Waals surface area contributed by atoms with E-state index >= 15 is 0 Å². The molecule has 0 aliphatic heterocycles. The zero-order valence-corrected chi connectivity index (χ0v) is 9.54. The van der Waals surface area contributed by atoms with Crippen molar-refractivity contribution in [1.82, 2.24) is 0 Å². The van der Waals surface area contributed by atoms with Gasteiger partial charge in [0.05, 0.1) is 6.10 Å². The predicted molar refractivity (Wildman–Crippen MR) is 60.8 cm³/mol. The largest absolute Gasteiger partial charge is 0.481 e. The Hall–Kier alpha value is -0.830. The quantitative estimate of drug-likeness (QED) is 0.458. The summed E-state index contributed by atoms with van der Waals surface area (Å²) in [4.78, 5) is 10.2. The van der Waals surface area contributed by atoms with E-state index in [9.17, 15) is 9.90 Å². The molecule has 0 rings (SSSR count). The van der Waals surface area contributed by atoms with Gasteiger partial charge in [-0.25, -0.2) is 0 Å². The van der Waals surface area contributed by atoms with Crippen LogP contribution >= 0.6 is 0 Å². The van der Waals surface area contributed by atoms with Crippen molar-refractivity contribution in [2.24, 2.45) is 0 Å². The lowest BCUT2D eigenvalue weighted by Gasteiger charge is -2.09. The zero-order chi connectivity index (χ0) is 11.7. The highest BCUT2D eigenvalue weighted by Gasteiger charge is 2.03. The van der Waals surface area contributed by atoms with Gasteiger partial charge in [-0.3, -0.25) is 4.79 Å². The molecule has 0 aliphatic carbocycles. The average Bonchev–Trinajstić information content (AvgIpc) is 2.15. The fourth-order valence-electron chi connectivity index (χ4n) is 1.39. The van der Waals surface area contributed by atoms with E-state index in [1.807, 2.05) is 6.92 Å². The van der Waals surface area contributed by atoms with Crippen LogP contribution < -0.4 is 0 Å². The fourth-order valence-corrected chi connectivity index (χ4v) is 1.39. The minimum Gasteiger partial charge on any atom is -0.481 e. The third kappa shape index (κ3) is 9.47. The second-order valence-electron chi connectivity index (χ2n) is 4.06. The second kappa shape index (κ2) is 8.48. The molecule has 0 heterocycles. The molecule has 0 aromatic carbocycles. The van der Waals surface area contributed by atoms with Gasteiger partial charge in [-0.1, -0.05) is 37.8 Å². The highest BCUT2D eigenvalue weighted by molar-refractivity contribution is 5.66. The van der Waals surface area contributed by atoms with Crippen LogP contribution in [0, 0.1) is 0 Å². The number of hydrogen-bond acceptors (Lipinski definition) is 2. The predicted octanol–water partition coefficient (Wildman–Crippen LogP) is 2.74. The van der Waals surface area contributed by atoms with Gasteiger partial charge in [0.1, 0.15) is 0 Å². The molecule has 0 fully saturated rings. The van der Waals surface area contributed by atoms with Crippen molar-refractivity contribution in [1.29, 1.82) is 0 Å². The molecule has 2 N–H and O–H groups in total. The number of carbonyl (C=O) groups is 1. The minimum atomic E-state index is -0.715. The Morgan fingerprint density at radius 2 is 1.73 bits per heavy atom. The summed E-state index contributed by atoms with van der Waals surface area (Å²) < 4.78 is 0. The van der Waals surface area contributed by atoms with Crippen LogP contribution in [0.4, 0.5) is 0 Å². The molecule has 0 saturated carbocycles. The van der Waals surface area contributed by atoms with Crippen molar-refractivity contribution >= 4 is 5.97 Å². The maximum atomic E-state index is 10.2. The number of aliphatic hydroxyl groups excluding tert-OH is 1. The van der Waals surface area contributed by atoms with Gasteiger partial charge in [-0.15, -0.1) is 0 Å². The first-order valence-corrected chi connectivity index (χ1v) is 5.59. The Balaban J connectivity index is 3.18. The van der Waals surface area contributed by atoms with Crippen molar-refractivity contribution in [2.45, 2.75) is 58.0 Å². The lowest BCUT2D eigenvalue weighted by atomic mass is 10.0. The van der Waals surface area contributed by atoms with E-state index in [2.05, 4.69) is 6.58 Å². The van der Waals surface area contributed by atoms with Crippen molar-refractivity contribution in [2.75, 3.05) is 0 Å². The summed E-state index contributed by atoms with van der Waals surface area (Å²) in [6.45, 7) is 5.52. The molecule has 3 heteroatoms. The van der Waals surface area contributed by atoms with Gasteiger partial charge >= 0.3 is 5.97 Å². The molecule has 3 nitrogen and oxygen atoms in total.